The molecule has 0 radical (unpaired) electrons. The van der Waals surface area contributed by atoms with E-state index in [4.69, 9.17) is 5.11 Å². The number of rotatable bonds is 3. The first kappa shape index (κ1) is 10.7. The van der Waals surface area contributed by atoms with Crippen molar-refractivity contribution >= 4 is 5.97 Å². The summed E-state index contributed by atoms with van der Waals surface area (Å²) in [6.07, 6.45) is 0. The van der Waals surface area contributed by atoms with Crippen LogP contribution in [0.5, 0.6) is 0 Å². The molecule has 0 unspecified atom stereocenters. The van der Waals surface area contributed by atoms with Crippen LogP contribution in [0.15, 0.2) is 18.2 Å². The van der Waals surface area contributed by atoms with Gasteiger partial charge in [-0.2, -0.15) is 0 Å². The topological polar surface area (TPSA) is 40.5 Å². The fourth-order valence-electron chi connectivity index (χ4n) is 1.17. The van der Waals surface area contributed by atoms with Crippen LogP contribution in [-0.4, -0.2) is 30.1 Å². The summed E-state index contributed by atoms with van der Waals surface area (Å²) in [6.45, 7) is 0.396. The third kappa shape index (κ3) is 2.53. The molecule has 14 heavy (non-hydrogen) atoms. The third-order valence-corrected chi connectivity index (χ3v) is 1.78. The Kier molecular flexibility index (Phi) is 3.19. The van der Waals surface area contributed by atoms with Crippen LogP contribution in [0.4, 0.5) is 4.39 Å². The van der Waals surface area contributed by atoms with E-state index in [0.29, 0.717) is 12.1 Å². The number of hydrogen-bond acceptors (Lipinski definition) is 2. The van der Waals surface area contributed by atoms with Gasteiger partial charge in [-0.05, 0) is 32.3 Å². The van der Waals surface area contributed by atoms with Crippen molar-refractivity contribution in [3.05, 3.63) is 35.1 Å². The molecular weight excluding hydrogens is 185 g/mol. The number of carboxylic acids is 1. The second kappa shape index (κ2) is 4.19. The molecule has 1 aromatic carbocycles. The molecule has 1 N–H and O–H groups in total. The van der Waals surface area contributed by atoms with Gasteiger partial charge in [0.05, 0.1) is 5.56 Å². The third-order valence-electron chi connectivity index (χ3n) is 1.78. The first-order chi connectivity index (χ1) is 6.50. The van der Waals surface area contributed by atoms with Crippen LogP contribution >= 0.6 is 0 Å². The van der Waals surface area contributed by atoms with Gasteiger partial charge < -0.3 is 10.0 Å². The number of aromatic carboxylic acids is 1. The highest BCUT2D eigenvalue weighted by Crippen LogP contribution is 2.12. The summed E-state index contributed by atoms with van der Waals surface area (Å²) in [6, 6.07) is 3.80. The Hall–Kier alpha value is -1.42. The lowest BCUT2D eigenvalue weighted by molar-refractivity contribution is 0.0696. The van der Waals surface area contributed by atoms with E-state index in [1.54, 1.807) is 19.0 Å². The fourth-order valence-corrected chi connectivity index (χ4v) is 1.17. The number of nitrogens with zero attached hydrogens (tertiary/aromatic N) is 1. The van der Waals surface area contributed by atoms with Crippen molar-refractivity contribution in [3.63, 3.8) is 0 Å². The van der Waals surface area contributed by atoms with Crippen LogP contribution in [0, 0.1) is 5.82 Å². The zero-order valence-corrected chi connectivity index (χ0v) is 8.12. The second-order valence-electron chi connectivity index (χ2n) is 3.35. The molecule has 0 saturated carbocycles. The molecule has 0 heterocycles. The minimum Gasteiger partial charge on any atom is -0.478 e. The highest BCUT2D eigenvalue weighted by Gasteiger charge is 2.08. The van der Waals surface area contributed by atoms with Gasteiger partial charge in [0.15, 0.2) is 0 Å². The minimum absolute atomic E-state index is 0.114. The van der Waals surface area contributed by atoms with Crippen molar-refractivity contribution in [3.8, 4) is 0 Å². The van der Waals surface area contributed by atoms with Crippen LogP contribution in [0.25, 0.3) is 0 Å². The van der Waals surface area contributed by atoms with Crippen LogP contribution in [0.3, 0.4) is 0 Å². The summed E-state index contributed by atoms with van der Waals surface area (Å²) in [5.41, 5.74) is 0.512. The predicted molar refractivity (Wildman–Crippen MR) is 50.8 cm³/mol. The average Bonchev–Trinajstić information content (AvgIpc) is 2.07. The molecule has 0 aromatic heterocycles. The molecule has 0 aliphatic carbocycles. The van der Waals surface area contributed by atoms with E-state index in [1.807, 2.05) is 0 Å². The van der Waals surface area contributed by atoms with Crippen molar-refractivity contribution in [1.82, 2.24) is 4.90 Å². The van der Waals surface area contributed by atoms with Gasteiger partial charge in [-0.15, -0.1) is 0 Å². The highest BCUT2D eigenvalue weighted by molar-refractivity contribution is 5.87. The minimum atomic E-state index is -1.04. The lowest BCUT2D eigenvalue weighted by atomic mass is 10.1. The van der Waals surface area contributed by atoms with Gasteiger partial charge in [0, 0.05) is 12.1 Å². The standard InChI is InChI=1S/C10H12FNO2/c1-12(2)6-8-5-7(10(13)14)3-4-9(8)11/h3-5H,6H2,1-2H3,(H,13,14). The maximum atomic E-state index is 13.2. The first-order valence-corrected chi connectivity index (χ1v) is 4.17. The number of carbonyl (C=O) groups is 1. The Balaban J connectivity index is 3.02. The van der Waals surface area contributed by atoms with Gasteiger partial charge in [-0.1, -0.05) is 0 Å². The first-order valence-electron chi connectivity index (χ1n) is 4.17. The summed E-state index contributed by atoms with van der Waals surface area (Å²) >= 11 is 0. The number of benzene rings is 1. The maximum absolute atomic E-state index is 13.2. The Bertz CT molecular complexity index is 350. The van der Waals surface area contributed by atoms with Gasteiger partial charge in [0.1, 0.15) is 5.82 Å². The molecule has 0 spiro atoms. The Morgan fingerprint density at radius 3 is 2.64 bits per heavy atom. The van der Waals surface area contributed by atoms with Gasteiger partial charge in [0.25, 0.3) is 0 Å². The summed E-state index contributed by atoms with van der Waals surface area (Å²) < 4.78 is 13.2. The molecular formula is C10H12FNO2. The molecule has 3 nitrogen and oxygen atoms in total. The predicted octanol–water partition coefficient (Wildman–Crippen LogP) is 1.59. The Morgan fingerprint density at radius 2 is 2.14 bits per heavy atom. The van der Waals surface area contributed by atoms with E-state index in [1.165, 1.54) is 18.2 Å². The van der Waals surface area contributed by atoms with Crippen molar-refractivity contribution in [2.24, 2.45) is 0 Å². The van der Waals surface area contributed by atoms with Crippen LogP contribution in [-0.2, 0) is 6.54 Å². The highest BCUT2D eigenvalue weighted by atomic mass is 19.1. The molecule has 76 valence electrons. The van der Waals surface area contributed by atoms with E-state index in [-0.39, 0.29) is 11.4 Å². The summed E-state index contributed by atoms with van der Waals surface area (Å²) in [4.78, 5) is 12.4. The lowest BCUT2D eigenvalue weighted by Gasteiger charge is -2.10. The summed E-state index contributed by atoms with van der Waals surface area (Å²) in [5, 5.41) is 8.70. The van der Waals surface area contributed by atoms with Gasteiger partial charge in [-0.3, -0.25) is 0 Å². The largest absolute Gasteiger partial charge is 0.478 e. The number of carboxylic acid groups (broad SMARTS) is 1. The summed E-state index contributed by atoms with van der Waals surface area (Å²) in [5.74, 6) is -1.41. The average molecular weight is 197 g/mol. The zero-order chi connectivity index (χ0) is 10.7. The van der Waals surface area contributed by atoms with Crippen LogP contribution < -0.4 is 0 Å². The SMILES string of the molecule is CN(C)Cc1cc(C(=O)O)ccc1F. The monoisotopic (exact) mass is 197 g/mol. The zero-order valence-electron chi connectivity index (χ0n) is 8.12. The number of halogens is 1. The van der Waals surface area contributed by atoms with Crippen LogP contribution in [0.1, 0.15) is 15.9 Å². The summed E-state index contributed by atoms with van der Waals surface area (Å²) in [7, 11) is 3.60. The van der Waals surface area contributed by atoms with Crippen molar-refractivity contribution in [2.45, 2.75) is 6.54 Å². The Morgan fingerprint density at radius 1 is 1.50 bits per heavy atom. The normalized spacial score (nSPS) is 10.6. The molecule has 4 heteroatoms. The molecule has 0 saturated heterocycles. The molecule has 1 aromatic rings. The smallest absolute Gasteiger partial charge is 0.335 e. The lowest BCUT2D eigenvalue weighted by Crippen LogP contribution is -2.12. The molecule has 1 rings (SSSR count). The number of hydrogen-bond donors (Lipinski definition) is 1. The molecule has 0 atom stereocenters. The van der Waals surface area contributed by atoms with E-state index in [2.05, 4.69) is 0 Å². The van der Waals surface area contributed by atoms with Crippen LogP contribution in [0.2, 0.25) is 0 Å². The molecule has 0 amide bonds. The quantitative estimate of drug-likeness (QED) is 0.799. The maximum Gasteiger partial charge on any atom is 0.335 e. The van der Waals surface area contributed by atoms with E-state index < -0.39 is 5.97 Å². The molecule has 0 fully saturated rings. The molecule has 0 aliphatic heterocycles. The molecule has 0 bridgehead atoms. The van der Waals surface area contributed by atoms with Gasteiger partial charge in [-0.25, -0.2) is 9.18 Å². The van der Waals surface area contributed by atoms with Crippen molar-refractivity contribution in [2.75, 3.05) is 14.1 Å². The second-order valence-corrected chi connectivity index (χ2v) is 3.35. The van der Waals surface area contributed by atoms with Crippen molar-refractivity contribution in [1.29, 1.82) is 0 Å². The van der Waals surface area contributed by atoms with Gasteiger partial charge in [0.2, 0.25) is 0 Å². The Labute approximate surface area is 81.8 Å². The fraction of sp³-hybridized carbons (Fsp3) is 0.300. The van der Waals surface area contributed by atoms with Gasteiger partial charge >= 0.3 is 5.97 Å². The van der Waals surface area contributed by atoms with E-state index in [0.717, 1.165) is 0 Å². The van der Waals surface area contributed by atoms with E-state index >= 15 is 0 Å². The van der Waals surface area contributed by atoms with E-state index in [9.17, 15) is 9.18 Å². The van der Waals surface area contributed by atoms with Crippen molar-refractivity contribution < 1.29 is 14.3 Å². The molecule has 0 aliphatic rings.